The van der Waals surface area contributed by atoms with E-state index in [9.17, 15) is 5.11 Å². The van der Waals surface area contributed by atoms with Crippen LogP contribution in [0, 0.1) is 6.92 Å². The molecule has 1 aliphatic heterocycles. The van der Waals surface area contributed by atoms with Crippen LogP contribution in [-0.2, 0) is 0 Å². The molecule has 0 radical (unpaired) electrons. The molecule has 0 aliphatic carbocycles. The number of nitrogens with one attached hydrogen (secondary N) is 1. The van der Waals surface area contributed by atoms with Crippen LogP contribution in [0.1, 0.15) is 43.4 Å². The Balaban J connectivity index is 2.01. The molecule has 1 saturated heterocycles. The summed E-state index contributed by atoms with van der Waals surface area (Å²) in [5, 5.41) is 13.6. The lowest BCUT2D eigenvalue weighted by Crippen LogP contribution is -2.43. The zero-order valence-electron chi connectivity index (χ0n) is 12.3. The highest BCUT2D eigenvalue weighted by molar-refractivity contribution is 5.37. The Morgan fingerprint density at radius 1 is 1.42 bits per heavy atom. The topological polar surface area (TPSA) is 35.5 Å². The van der Waals surface area contributed by atoms with Crippen molar-refractivity contribution in [2.24, 2.45) is 0 Å². The van der Waals surface area contributed by atoms with Crippen LogP contribution in [0.5, 0.6) is 5.75 Å². The summed E-state index contributed by atoms with van der Waals surface area (Å²) in [5.74, 6) is 0.404. The standard InChI is InChI=1S/C16H26N2O/c1-12-7-8-16(19)15(10-12)13(2)18(3)11-14-6-4-5-9-17-14/h7-8,10,13-14,17,19H,4-6,9,11H2,1-3H3. The minimum absolute atomic E-state index is 0.239. The Labute approximate surface area is 116 Å². The van der Waals surface area contributed by atoms with Gasteiger partial charge in [-0.3, -0.25) is 4.90 Å². The highest BCUT2D eigenvalue weighted by atomic mass is 16.3. The summed E-state index contributed by atoms with van der Waals surface area (Å²) < 4.78 is 0. The predicted octanol–water partition coefficient (Wildman–Crippen LogP) is 2.84. The molecule has 1 aliphatic rings. The molecule has 2 atom stereocenters. The monoisotopic (exact) mass is 262 g/mol. The van der Waals surface area contributed by atoms with Crippen molar-refractivity contribution in [3.63, 3.8) is 0 Å². The zero-order valence-corrected chi connectivity index (χ0v) is 12.3. The lowest BCUT2D eigenvalue weighted by Gasteiger charge is -2.32. The lowest BCUT2D eigenvalue weighted by molar-refractivity contribution is 0.212. The van der Waals surface area contributed by atoms with E-state index in [2.05, 4.69) is 37.2 Å². The quantitative estimate of drug-likeness (QED) is 0.876. The first-order valence-electron chi connectivity index (χ1n) is 7.31. The molecule has 1 aromatic carbocycles. The van der Waals surface area contributed by atoms with Crippen molar-refractivity contribution in [2.45, 2.75) is 45.2 Å². The number of benzene rings is 1. The molecule has 19 heavy (non-hydrogen) atoms. The van der Waals surface area contributed by atoms with Crippen molar-refractivity contribution in [2.75, 3.05) is 20.1 Å². The number of piperidine rings is 1. The SMILES string of the molecule is Cc1ccc(O)c(C(C)N(C)CC2CCCCN2)c1. The van der Waals surface area contributed by atoms with Crippen LogP contribution >= 0.6 is 0 Å². The number of hydrogen-bond acceptors (Lipinski definition) is 3. The maximum Gasteiger partial charge on any atom is 0.120 e. The molecule has 0 aromatic heterocycles. The van der Waals surface area contributed by atoms with E-state index in [-0.39, 0.29) is 6.04 Å². The highest BCUT2D eigenvalue weighted by Crippen LogP contribution is 2.28. The number of rotatable bonds is 4. The Morgan fingerprint density at radius 2 is 2.21 bits per heavy atom. The fourth-order valence-corrected chi connectivity index (χ4v) is 2.83. The van der Waals surface area contributed by atoms with Crippen molar-refractivity contribution < 1.29 is 5.11 Å². The number of likely N-dealkylation sites (N-methyl/N-ethyl adjacent to an activating group) is 1. The maximum atomic E-state index is 10.0. The van der Waals surface area contributed by atoms with Gasteiger partial charge in [-0.15, -0.1) is 0 Å². The molecule has 2 unspecified atom stereocenters. The third kappa shape index (κ3) is 3.71. The van der Waals surface area contributed by atoms with E-state index in [1.165, 1.54) is 24.8 Å². The summed E-state index contributed by atoms with van der Waals surface area (Å²) >= 11 is 0. The summed E-state index contributed by atoms with van der Waals surface area (Å²) in [6.45, 7) is 6.41. The molecule has 2 rings (SSSR count). The van der Waals surface area contributed by atoms with E-state index in [1.807, 2.05) is 6.07 Å². The van der Waals surface area contributed by atoms with Crippen molar-refractivity contribution in [1.29, 1.82) is 0 Å². The van der Waals surface area contributed by atoms with E-state index in [0.717, 1.165) is 18.7 Å². The number of aryl methyl sites for hydroxylation is 1. The highest BCUT2D eigenvalue weighted by Gasteiger charge is 2.20. The van der Waals surface area contributed by atoms with Gasteiger partial charge in [-0.1, -0.05) is 24.1 Å². The first-order valence-corrected chi connectivity index (χ1v) is 7.31. The summed E-state index contributed by atoms with van der Waals surface area (Å²) in [7, 11) is 2.14. The Hall–Kier alpha value is -1.06. The van der Waals surface area contributed by atoms with Crippen molar-refractivity contribution in [3.8, 4) is 5.75 Å². The molecule has 3 nitrogen and oxygen atoms in total. The minimum Gasteiger partial charge on any atom is -0.508 e. The van der Waals surface area contributed by atoms with Gasteiger partial charge in [0.15, 0.2) is 0 Å². The Kier molecular flexibility index (Phi) is 4.83. The fourth-order valence-electron chi connectivity index (χ4n) is 2.83. The van der Waals surface area contributed by atoms with Gasteiger partial charge < -0.3 is 10.4 Å². The van der Waals surface area contributed by atoms with Crippen molar-refractivity contribution >= 4 is 0 Å². The van der Waals surface area contributed by atoms with Gasteiger partial charge in [0.05, 0.1) is 0 Å². The zero-order chi connectivity index (χ0) is 13.8. The minimum atomic E-state index is 0.239. The molecule has 0 bridgehead atoms. The van der Waals surface area contributed by atoms with Crippen LogP contribution < -0.4 is 5.32 Å². The summed E-state index contributed by atoms with van der Waals surface area (Å²) in [6.07, 6.45) is 3.89. The number of hydrogen-bond donors (Lipinski definition) is 2. The summed E-state index contributed by atoms with van der Waals surface area (Å²) in [5.41, 5.74) is 2.22. The Bertz CT molecular complexity index is 413. The van der Waals surface area contributed by atoms with Crippen LogP contribution in [0.2, 0.25) is 0 Å². The first-order chi connectivity index (χ1) is 9.08. The molecule has 2 N–H and O–H groups in total. The predicted molar refractivity (Wildman–Crippen MR) is 79.5 cm³/mol. The number of aromatic hydroxyl groups is 1. The molecule has 0 spiro atoms. The van der Waals surface area contributed by atoms with Gasteiger partial charge >= 0.3 is 0 Å². The molecule has 1 heterocycles. The van der Waals surface area contributed by atoms with Crippen LogP contribution in [0.25, 0.3) is 0 Å². The second kappa shape index (κ2) is 6.40. The molecule has 1 fully saturated rings. The second-order valence-electron chi connectivity index (χ2n) is 5.82. The third-order valence-corrected chi connectivity index (χ3v) is 4.22. The summed E-state index contributed by atoms with van der Waals surface area (Å²) in [4.78, 5) is 2.33. The largest absolute Gasteiger partial charge is 0.508 e. The number of phenolic OH excluding ortho intramolecular Hbond substituents is 1. The number of phenols is 1. The van der Waals surface area contributed by atoms with E-state index in [0.29, 0.717) is 11.8 Å². The fraction of sp³-hybridized carbons (Fsp3) is 0.625. The van der Waals surface area contributed by atoms with Gasteiger partial charge in [-0.25, -0.2) is 0 Å². The Morgan fingerprint density at radius 3 is 2.89 bits per heavy atom. The van der Waals surface area contributed by atoms with E-state index in [4.69, 9.17) is 0 Å². The van der Waals surface area contributed by atoms with E-state index >= 15 is 0 Å². The average Bonchev–Trinajstić information content (AvgIpc) is 2.42. The van der Waals surface area contributed by atoms with Crippen LogP contribution in [0.3, 0.4) is 0 Å². The lowest BCUT2D eigenvalue weighted by atomic mass is 10.0. The van der Waals surface area contributed by atoms with Crippen LogP contribution in [0.15, 0.2) is 18.2 Å². The van der Waals surface area contributed by atoms with Crippen molar-refractivity contribution in [3.05, 3.63) is 29.3 Å². The van der Waals surface area contributed by atoms with Crippen LogP contribution in [0.4, 0.5) is 0 Å². The second-order valence-corrected chi connectivity index (χ2v) is 5.82. The van der Waals surface area contributed by atoms with Crippen LogP contribution in [-0.4, -0.2) is 36.2 Å². The molecular formula is C16H26N2O. The van der Waals surface area contributed by atoms with E-state index < -0.39 is 0 Å². The first kappa shape index (κ1) is 14.4. The van der Waals surface area contributed by atoms with E-state index in [1.54, 1.807) is 6.07 Å². The normalized spacial score (nSPS) is 21.6. The van der Waals surface area contributed by atoms with Gasteiger partial charge in [0.2, 0.25) is 0 Å². The van der Waals surface area contributed by atoms with Crippen molar-refractivity contribution in [1.82, 2.24) is 10.2 Å². The number of nitrogens with zero attached hydrogens (tertiary/aromatic N) is 1. The molecule has 0 amide bonds. The van der Waals surface area contributed by atoms with Gasteiger partial charge in [0.25, 0.3) is 0 Å². The van der Waals surface area contributed by atoms with Gasteiger partial charge in [0.1, 0.15) is 5.75 Å². The maximum absolute atomic E-state index is 10.0. The third-order valence-electron chi connectivity index (χ3n) is 4.22. The average molecular weight is 262 g/mol. The van der Waals surface area contributed by atoms with Gasteiger partial charge in [0, 0.05) is 24.2 Å². The van der Waals surface area contributed by atoms with Gasteiger partial charge in [-0.2, -0.15) is 0 Å². The summed E-state index contributed by atoms with van der Waals surface area (Å²) in [6, 6.07) is 6.67. The molecule has 106 valence electrons. The molecule has 3 heteroatoms. The van der Waals surface area contributed by atoms with Gasteiger partial charge in [-0.05, 0) is 46.3 Å². The molecule has 1 aromatic rings. The molecular weight excluding hydrogens is 236 g/mol. The smallest absolute Gasteiger partial charge is 0.120 e. The molecule has 0 saturated carbocycles.